The normalized spacial score (nSPS) is 11.4. The molecule has 0 saturated carbocycles. The van der Waals surface area contributed by atoms with Crippen LogP contribution in [0.1, 0.15) is 5.56 Å². The van der Waals surface area contributed by atoms with Gasteiger partial charge in [-0.15, -0.1) is 0 Å². The predicted molar refractivity (Wildman–Crippen MR) is 74.1 cm³/mol. The molecule has 0 fully saturated rings. The van der Waals surface area contributed by atoms with Crippen molar-refractivity contribution in [2.45, 2.75) is 11.8 Å². The second-order valence-corrected chi connectivity index (χ2v) is 6.47. The van der Waals surface area contributed by atoms with Gasteiger partial charge in [0.1, 0.15) is 0 Å². The van der Waals surface area contributed by atoms with E-state index in [1.165, 1.54) is 12.1 Å². The topological polar surface area (TPSA) is 54.4 Å². The summed E-state index contributed by atoms with van der Waals surface area (Å²) >= 11 is 0. The number of quaternary nitrogens is 1. The van der Waals surface area contributed by atoms with E-state index in [1.807, 2.05) is 13.0 Å². The minimum absolute atomic E-state index is 0.0666. The van der Waals surface area contributed by atoms with Gasteiger partial charge < -0.3 is 4.48 Å². The summed E-state index contributed by atoms with van der Waals surface area (Å²) in [6.45, 7) is 6.51. The molecule has 1 aromatic rings. The molecular weight excluding hydrogens is 250 g/mol. The molecule has 0 heterocycles. The SMILES string of the molecule is C=CC[N+](C)(C)C.Cc1ccc(S(=O)(=O)O)cc1. The van der Waals surface area contributed by atoms with E-state index in [0.717, 1.165) is 16.6 Å². The molecule has 5 heteroatoms. The zero-order valence-electron chi connectivity index (χ0n) is 11.4. The van der Waals surface area contributed by atoms with Crippen LogP contribution in [-0.4, -0.2) is 45.1 Å². The molecule has 0 unspecified atom stereocenters. The molecule has 0 aromatic heterocycles. The van der Waals surface area contributed by atoms with Gasteiger partial charge in [-0.2, -0.15) is 8.42 Å². The second-order valence-electron chi connectivity index (χ2n) is 5.05. The van der Waals surface area contributed by atoms with Gasteiger partial charge in [0.05, 0.1) is 32.6 Å². The third kappa shape index (κ3) is 8.00. The number of hydrogen-bond donors (Lipinski definition) is 1. The lowest BCUT2D eigenvalue weighted by molar-refractivity contribution is -0.864. The minimum atomic E-state index is -4.02. The van der Waals surface area contributed by atoms with Crippen LogP contribution in [0.4, 0.5) is 0 Å². The number of rotatable bonds is 3. The summed E-state index contributed by atoms with van der Waals surface area (Å²) < 4.78 is 30.5. The molecule has 102 valence electrons. The molecule has 0 saturated heterocycles. The summed E-state index contributed by atoms with van der Waals surface area (Å²) in [6.07, 6.45) is 1.93. The summed E-state index contributed by atoms with van der Waals surface area (Å²) in [5.41, 5.74) is 0.956. The van der Waals surface area contributed by atoms with Gasteiger partial charge in [0, 0.05) is 0 Å². The van der Waals surface area contributed by atoms with Crippen LogP contribution in [0.25, 0.3) is 0 Å². The molecule has 0 aliphatic carbocycles. The Morgan fingerprint density at radius 3 is 1.89 bits per heavy atom. The van der Waals surface area contributed by atoms with Gasteiger partial charge in [0.25, 0.3) is 10.1 Å². The highest BCUT2D eigenvalue weighted by Crippen LogP contribution is 2.08. The Labute approximate surface area is 110 Å². The van der Waals surface area contributed by atoms with Crippen molar-refractivity contribution >= 4 is 10.1 Å². The first-order chi connectivity index (χ1) is 8.06. The maximum absolute atomic E-state index is 10.5. The van der Waals surface area contributed by atoms with Crippen molar-refractivity contribution < 1.29 is 17.5 Å². The first kappa shape index (κ1) is 16.8. The molecule has 4 nitrogen and oxygen atoms in total. The minimum Gasteiger partial charge on any atom is -0.328 e. The van der Waals surface area contributed by atoms with Gasteiger partial charge >= 0.3 is 0 Å². The van der Waals surface area contributed by atoms with Crippen LogP contribution in [0.3, 0.4) is 0 Å². The highest BCUT2D eigenvalue weighted by Gasteiger charge is 2.06. The maximum atomic E-state index is 10.5. The van der Waals surface area contributed by atoms with Crippen LogP contribution in [-0.2, 0) is 10.1 Å². The van der Waals surface area contributed by atoms with E-state index in [9.17, 15) is 8.42 Å². The predicted octanol–water partition coefficient (Wildman–Crippen LogP) is 2.12. The number of likely N-dealkylation sites (N-methyl/N-ethyl adjacent to an activating group) is 1. The van der Waals surface area contributed by atoms with Crippen LogP contribution < -0.4 is 0 Å². The molecule has 0 radical (unpaired) electrons. The fourth-order valence-electron chi connectivity index (χ4n) is 1.10. The number of hydrogen-bond acceptors (Lipinski definition) is 2. The van der Waals surface area contributed by atoms with Crippen LogP contribution in [0, 0.1) is 6.92 Å². The molecular formula is C13H22NO3S+. The lowest BCUT2D eigenvalue weighted by atomic mass is 10.2. The van der Waals surface area contributed by atoms with Crippen LogP contribution in [0.5, 0.6) is 0 Å². The Morgan fingerprint density at radius 2 is 1.67 bits per heavy atom. The maximum Gasteiger partial charge on any atom is 0.294 e. The third-order valence-corrected chi connectivity index (χ3v) is 2.86. The van der Waals surface area contributed by atoms with Gasteiger partial charge in [-0.3, -0.25) is 4.55 Å². The van der Waals surface area contributed by atoms with Gasteiger partial charge in [0.15, 0.2) is 0 Å². The zero-order valence-corrected chi connectivity index (χ0v) is 12.2. The summed E-state index contributed by atoms with van der Waals surface area (Å²) in [4.78, 5) is -0.0666. The number of benzene rings is 1. The first-order valence-electron chi connectivity index (χ1n) is 5.52. The molecule has 0 bridgehead atoms. The van der Waals surface area contributed by atoms with E-state index in [1.54, 1.807) is 12.1 Å². The number of nitrogens with zero attached hydrogens (tertiary/aromatic N) is 1. The molecule has 0 aliphatic heterocycles. The van der Waals surface area contributed by atoms with Crippen molar-refractivity contribution in [2.75, 3.05) is 27.7 Å². The Kier molecular flexibility index (Phi) is 6.25. The fourth-order valence-corrected chi connectivity index (χ4v) is 1.58. The summed E-state index contributed by atoms with van der Waals surface area (Å²) in [6, 6.07) is 5.99. The third-order valence-electron chi connectivity index (χ3n) is 2.00. The molecule has 0 spiro atoms. The van der Waals surface area contributed by atoms with Crippen molar-refractivity contribution in [2.24, 2.45) is 0 Å². The monoisotopic (exact) mass is 272 g/mol. The average molecular weight is 272 g/mol. The van der Waals surface area contributed by atoms with Gasteiger partial charge in [0.2, 0.25) is 0 Å². The van der Waals surface area contributed by atoms with E-state index in [2.05, 4.69) is 27.7 Å². The smallest absolute Gasteiger partial charge is 0.294 e. The van der Waals surface area contributed by atoms with E-state index < -0.39 is 10.1 Å². The van der Waals surface area contributed by atoms with E-state index in [4.69, 9.17) is 4.55 Å². The Morgan fingerprint density at radius 1 is 1.22 bits per heavy atom. The van der Waals surface area contributed by atoms with E-state index in [0.29, 0.717) is 0 Å². The fraction of sp³-hybridized carbons (Fsp3) is 0.385. The van der Waals surface area contributed by atoms with Gasteiger partial charge in [-0.05, 0) is 25.1 Å². The van der Waals surface area contributed by atoms with Crippen molar-refractivity contribution in [3.63, 3.8) is 0 Å². The Bertz CT molecular complexity index is 470. The lowest BCUT2D eigenvalue weighted by Crippen LogP contribution is -2.33. The van der Waals surface area contributed by atoms with E-state index >= 15 is 0 Å². The van der Waals surface area contributed by atoms with Crippen LogP contribution in [0.2, 0.25) is 0 Å². The van der Waals surface area contributed by atoms with E-state index in [-0.39, 0.29) is 4.90 Å². The summed E-state index contributed by atoms with van der Waals surface area (Å²) in [5, 5.41) is 0. The number of aryl methyl sites for hydroxylation is 1. The van der Waals surface area contributed by atoms with Crippen molar-refractivity contribution in [1.29, 1.82) is 0 Å². The molecule has 0 atom stereocenters. The Balaban J connectivity index is 0.000000360. The lowest BCUT2D eigenvalue weighted by Gasteiger charge is -2.21. The van der Waals surface area contributed by atoms with Gasteiger partial charge in [-0.1, -0.05) is 24.3 Å². The van der Waals surface area contributed by atoms with Crippen molar-refractivity contribution in [1.82, 2.24) is 0 Å². The quantitative estimate of drug-likeness (QED) is 0.521. The highest BCUT2D eigenvalue weighted by molar-refractivity contribution is 7.85. The highest BCUT2D eigenvalue weighted by atomic mass is 32.2. The second kappa shape index (κ2) is 6.68. The molecule has 1 N–H and O–H groups in total. The molecule has 1 aromatic carbocycles. The van der Waals surface area contributed by atoms with Crippen molar-refractivity contribution in [3.8, 4) is 0 Å². The van der Waals surface area contributed by atoms with Crippen molar-refractivity contribution in [3.05, 3.63) is 42.5 Å². The molecule has 1 rings (SSSR count). The van der Waals surface area contributed by atoms with Gasteiger partial charge in [-0.25, -0.2) is 0 Å². The average Bonchev–Trinajstić information content (AvgIpc) is 2.15. The standard InChI is InChI=1S/C7H8O3S.C6H14N/c1-6-2-4-7(5-3-6)11(8,9)10;1-5-6-7(2,3)4/h2-5H,1H3,(H,8,9,10);5H,1,6H2,2-4H3/q;+1. The summed E-state index contributed by atoms with van der Waals surface area (Å²) in [7, 11) is 2.40. The van der Waals surface area contributed by atoms with Crippen LogP contribution >= 0.6 is 0 Å². The molecule has 18 heavy (non-hydrogen) atoms. The van der Waals surface area contributed by atoms with Crippen LogP contribution in [0.15, 0.2) is 41.8 Å². The zero-order chi connectivity index (χ0) is 14.4. The Hall–Kier alpha value is -1.17. The first-order valence-corrected chi connectivity index (χ1v) is 6.96. The summed E-state index contributed by atoms with van der Waals surface area (Å²) in [5.74, 6) is 0. The molecule has 0 aliphatic rings. The molecule has 0 amide bonds. The largest absolute Gasteiger partial charge is 0.328 e.